The van der Waals surface area contributed by atoms with Gasteiger partial charge in [0.25, 0.3) is 5.09 Å². The van der Waals surface area contributed by atoms with Crippen LogP contribution in [0.15, 0.2) is 0 Å². The van der Waals surface area contributed by atoms with Crippen molar-refractivity contribution in [3.05, 3.63) is 10.1 Å². The predicted octanol–water partition coefficient (Wildman–Crippen LogP) is -10.9. The number of hydrogen-bond acceptors (Lipinski definition) is 14. The van der Waals surface area contributed by atoms with Crippen LogP contribution < -0.4 is 30.6 Å². The number of nitrogens with zero attached hydrogens (tertiary/aromatic N) is 1. The van der Waals surface area contributed by atoms with Crippen molar-refractivity contribution >= 4 is 35.8 Å². The summed E-state index contributed by atoms with van der Waals surface area (Å²) in [4.78, 5) is 61.9. The summed E-state index contributed by atoms with van der Waals surface area (Å²) in [6, 6.07) is 0. The summed E-state index contributed by atoms with van der Waals surface area (Å²) in [6.07, 6.45) is 0. The number of hydrogen-bond donors (Lipinski definition) is 1. The van der Waals surface area contributed by atoms with Crippen LogP contribution in [-0.2, 0) is 62.9 Å². The molecule has 16 nitrogen and oxygen atoms in total. The van der Waals surface area contributed by atoms with Gasteiger partial charge >= 0.3 is 34.1 Å². The van der Waals surface area contributed by atoms with E-state index in [9.17, 15) is 0 Å². The van der Waals surface area contributed by atoms with Gasteiger partial charge in [0.1, 0.15) is 0 Å². The van der Waals surface area contributed by atoms with Gasteiger partial charge in [-0.25, -0.2) is 0 Å². The molecule has 0 heterocycles. The molecule has 1 N–H and O–H groups in total. The first kappa shape index (κ1) is 37.4. The van der Waals surface area contributed by atoms with Crippen LogP contribution in [0.3, 0.4) is 0 Å². The molecule has 18 heteroatoms. The molecule has 0 aromatic heterocycles. The van der Waals surface area contributed by atoms with E-state index in [0.717, 1.165) is 0 Å². The van der Waals surface area contributed by atoms with Crippen molar-refractivity contribution in [2.24, 2.45) is 0 Å². The van der Waals surface area contributed by atoms with Gasteiger partial charge in [-0.1, -0.05) is 0 Å². The molecule has 0 bridgehead atoms. The fraction of sp³-hybridized carbons (Fsp3) is 0. The van der Waals surface area contributed by atoms with Crippen LogP contribution in [0.5, 0.6) is 0 Å². The number of carbonyl (C=O) groups excluding carboxylic acids is 6. The molecule has 0 atom stereocenters. The molecule has 136 valence electrons. The van der Waals surface area contributed by atoms with Gasteiger partial charge in [0, 0.05) is 0 Å². The summed E-state index contributed by atoms with van der Waals surface area (Å²) in [5.41, 5.74) is 0. The van der Waals surface area contributed by atoms with E-state index in [4.69, 9.17) is 74.7 Å². The van der Waals surface area contributed by atoms with Crippen molar-refractivity contribution in [2.75, 3.05) is 0 Å². The Kier molecular flexibility index (Phi) is 34.8. The van der Waals surface area contributed by atoms with Crippen LogP contribution in [0.4, 0.5) is 0 Å². The van der Waals surface area contributed by atoms with E-state index in [-0.39, 0.29) is 34.1 Å². The monoisotopic (exact) mass is 439 g/mol. The van der Waals surface area contributed by atoms with Crippen molar-refractivity contribution in [2.45, 2.75) is 0 Å². The predicted molar refractivity (Wildman–Crippen MR) is 38.8 cm³/mol. The van der Waals surface area contributed by atoms with Gasteiger partial charge in [0.15, 0.2) is 0 Å². The summed E-state index contributed by atoms with van der Waals surface area (Å²) in [6.45, 7) is 0. The molecule has 0 aliphatic carbocycles. The Morgan fingerprint density at radius 2 is 0.583 bits per heavy atom. The van der Waals surface area contributed by atoms with Crippen molar-refractivity contribution in [1.29, 1.82) is 0 Å². The molecule has 0 saturated heterocycles. The molecule has 2 radical (unpaired) electrons. The average molecular weight is 439 g/mol. The van der Waals surface area contributed by atoms with E-state index in [1.54, 1.807) is 0 Å². The minimum absolute atomic E-state index is 0. The number of aliphatic carboxylic acids is 6. The summed E-state index contributed by atoms with van der Waals surface area (Å²) in [5.74, 6) is -13.1. The van der Waals surface area contributed by atoms with E-state index < -0.39 is 40.9 Å². The summed E-state index contributed by atoms with van der Waals surface area (Å²) >= 11 is 0. The molecule has 0 saturated carbocycles. The third-order valence-electron chi connectivity index (χ3n) is 0.500. The Balaban J connectivity index is -0.0000000442. The maximum Gasteiger partial charge on any atom is 3.00 e. The fourth-order valence-electron chi connectivity index (χ4n) is 0. The van der Waals surface area contributed by atoms with E-state index >= 15 is 0 Å². The first-order valence-corrected chi connectivity index (χ1v) is 3.76. The minimum Gasteiger partial charge on any atom is -0.543 e. The topological polar surface area (TPSA) is 304 Å². The summed E-state index contributed by atoms with van der Waals surface area (Å²) < 4.78 is 0. The van der Waals surface area contributed by atoms with Crippen LogP contribution in [0.2, 0.25) is 0 Å². The van der Waals surface area contributed by atoms with Crippen LogP contribution in [0.1, 0.15) is 0 Å². The summed E-state index contributed by atoms with van der Waals surface area (Å²) in [7, 11) is 0. The Morgan fingerprint density at radius 1 is 0.542 bits per heavy atom. The molecular weight excluding hydrogens is 438 g/mol. The maximum atomic E-state index is 8.93. The quantitative estimate of drug-likeness (QED) is 0.159. The van der Waals surface area contributed by atoms with E-state index in [0.29, 0.717) is 0 Å². The fourth-order valence-corrected chi connectivity index (χ4v) is 0. The Morgan fingerprint density at radius 3 is 0.583 bits per heavy atom. The van der Waals surface area contributed by atoms with Crippen LogP contribution in [-0.4, -0.2) is 46.1 Å². The molecule has 0 rings (SSSR count). The second-order valence-electron chi connectivity index (χ2n) is 1.96. The molecule has 0 spiro atoms. The van der Waals surface area contributed by atoms with Gasteiger partial charge < -0.3 is 64.6 Å². The zero-order valence-electron chi connectivity index (χ0n) is 10.3. The van der Waals surface area contributed by atoms with Crippen molar-refractivity contribution in [1.82, 2.24) is 0 Å². The Bertz CT molecular complexity index is 362. The van der Waals surface area contributed by atoms with Crippen LogP contribution in [0, 0.1) is 10.1 Å². The van der Waals surface area contributed by atoms with Crippen LogP contribution >= 0.6 is 0 Å². The molecule has 0 aliphatic heterocycles. The van der Waals surface area contributed by atoms with Crippen molar-refractivity contribution < 1.29 is 104 Å². The second kappa shape index (κ2) is 22.3. The molecule has 0 aliphatic rings. The Labute approximate surface area is 150 Å². The van der Waals surface area contributed by atoms with Gasteiger partial charge in [-0.05, 0) is 0 Å². The number of carbonyl (C=O) groups is 6. The third kappa shape index (κ3) is 75.7. The first-order chi connectivity index (χ1) is 9.66. The number of rotatable bonds is 0. The average Bonchev–Trinajstić information content (AvgIpc) is 2.29. The molecule has 0 aromatic rings. The standard InChI is InChI=1S/3C2H2O4.2Fe.HNO3/c3*3-1(4)2(5)6;;;2-1(3)4/h3*(H,3,4)(H,5,6);;;(H,2,3,4)/q;;;2*+3;/p-6. The van der Waals surface area contributed by atoms with E-state index in [1.165, 1.54) is 0 Å². The smallest absolute Gasteiger partial charge is 0.543 e. The molecule has 0 aromatic carbocycles. The molecule has 0 unspecified atom stereocenters. The Hall–Kier alpha value is -2.94. The zero-order valence-corrected chi connectivity index (χ0v) is 12.5. The van der Waals surface area contributed by atoms with Crippen LogP contribution in [0.25, 0.3) is 0 Å². The maximum absolute atomic E-state index is 8.93. The number of carboxylic acid groups (broad SMARTS) is 6. The van der Waals surface area contributed by atoms with Gasteiger partial charge in [0.05, 0.1) is 35.8 Å². The van der Waals surface area contributed by atoms with Gasteiger partial charge in [-0.15, -0.1) is 10.1 Å². The second-order valence-corrected chi connectivity index (χ2v) is 1.96. The van der Waals surface area contributed by atoms with E-state index in [2.05, 4.69) is 0 Å². The van der Waals surface area contributed by atoms with Gasteiger partial charge in [-0.2, -0.15) is 0 Å². The van der Waals surface area contributed by atoms with Gasteiger partial charge in [0.2, 0.25) is 0 Å². The zero-order chi connectivity index (χ0) is 19.0. The van der Waals surface area contributed by atoms with Gasteiger partial charge in [-0.3, -0.25) is 0 Å². The third-order valence-corrected chi connectivity index (χ3v) is 0.500. The first-order valence-electron chi connectivity index (χ1n) is 3.76. The molecule has 0 fully saturated rings. The normalized spacial score (nSPS) is 6.50. The van der Waals surface area contributed by atoms with Crippen molar-refractivity contribution in [3.8, 4) is 0 Å². The molecular formula is C6HFe2NO15. The summed E-state index contributed by atoms with van der Waals surface area (Å²) in [5, 5.41) is 67.2. The SMILES string of the molecule is O=C([O-])C(=O)[O-].O=C([O-])C(=O)[O-].O=C([O-])C(=O)[O-].O=[N+]([O-])O.[Fe+3].[Fe+3]. The molecule has 0 amide bonds. The molecule has 24 heavy (non-hydrogen) atoms. The minimum atomic E-state index is -2.19. The largest absolute Gasteiger partial charge is 3.00 e. The number of carboxylic acids is 6. The van der Waals surface area contributed by atoms with Crippen molar-refractivity contribution in [3.63, 3.8) is 0 Å². The van der Waals surface area contributed by atoms with E-state index in [1.807, 2.05) is 0 Å².